The average molecular weight is 253 g/mol. The molecule has 1 amide bonds. The van der Waals surface area contributed by atoms with E-state index in [0.29, 0.717) is 18.1 Å². The summed E-state index contributed by atoms with van der Waals surface area (Å²) in [5, 5.41) is 9.00. The van der Waals surface area contributed by atoms with Crippen molar-refractivity contribution in [1.29, 1.82) is 0 Å². The molecule has 2 heterocycles. The standard InChI is InChI=1S/C11H15N3O4/c1-6-8(18-7(2)13-6)9(15)14-4-3-11(12,5-14)10(16)17/h3-5,12H2,1-2H3,(H,16,17). The Kier molecular flexibility index (Phi) is 2.86. The zero-order valence-electron chi connectivity index (χ0n) is 10.3. The van der Waals surface area contributed by atoms with Crippen LogP contribution in [0.25, 0.3) is 0 Å². The Hall–Kier alpha value is -1.89. The fourth-order valence-corrected chi connectivity index (χ4v) is 2.05. The van der Waals surface area contributed by atoms with Crippen LogP contribution in [0.15, 0.2) is 4.42 Å². The molecule has 1 atom stereocenters. The maximum Gasteiger partial charge on any atom is 0.325 e. The Bertz CT molecular complexity index is 510. The predicted molar refractivity (Wildman–Crippen MR) is 61.1 cm³/mol. The number of carboxylic acid groups (broad SMARTS) is 1. The molecule has 1 aliphatic heterocycles. The van der Waals surface area contributed by atoms with E-state index in [1.54, 1.807) is 13.8 Å². The number of hydrogen-bond acceptors (Lipinski definition) is 5. The van der Waals surface area contributed by atoms with Gasteiger partial charge in [0.2, 0.25) is 5.76 Å². The maximum atomic E-state index is 12.1. The molecule has 7 heteroatoms. The van der Waals surface area contributed by atoms with Crippen molar-refractivity contribution >= 4 is 11.9 Å². The quantitative estimate of drug-likeness (QED) is 0.762. The van der Waals surface area contributed by atoms with Crippen molar-refractivity contribution in [2.75, 3.05) is 13.1 Å². The molecule has 1 fully saturated rings. The second-order valence-corrected chi connectivity index (χ2v) is 4.59. The van der Waals surface area contributed by atoms with Gasteiger partial charge in [0.1, 0.15) is 5.54 Å². The first-order chi connectivity index (χ1) is 8.33. The van der Waals surface area contributed by atoms with Crippen molar-refractivity contribution in [3.63, 3.8) is 0 Å². The van der Waals surface area contributed by atoms with E-state index < -0.39 is 11.5 Å². The van der Waals surface area contributed by atoms with Gasteiger partial charge >= 0.3 is 5.97 Å². The highest BCUT2D eigenvalue weighted by Crippen LogP contribution is 2.22. The average Bonchev–Trinajstić information content (AvgIpc) is 2.82. The van der Waals surface area contributed by atoms with Gasteiger partial charge < -0.3 is 20.2 Å². The van der Waals surface area contributed by atoms with Crippen LogP contribution in [0.1, 0.15) is 28.6 Å². The molecule has 1 saturated heterocycles. The van der Waals surface area contributed by atoms with Gasteiger partial charge in [-0.2, -0.15) is 0 Å². The van der Waals surface area contributed by atoms with Crippen LogP contribution in [0.2, 0.25) is 0 Å². The van der Waals surface area contributed by atoms with E-state index in [2.05, 4.69) is 4.98 Å². The molecule has 3 N–H and O–H groups in total. The lowest BCUT2D eigenvalue weighted by molar-refractivity contribution is -0.142. The molecule has 0 bridgehead atoms. The number of likely N-dealkylation sites (tertiary alicyclic amines) is 1. The number of carbonyl (C=O) groups is 2. The summed E-state index contributed by atoms with van der Waals surface area (Å²) in [6.45, 7) is 3.62. The number of aryl methyl sites for hydroxylation is 2. The highest BCUT2D eigenvalue weighted by Gasteiger charge is 2.43. The van der Waals surface area contributed by atoms with Crippen LogP contribution >= 0.6 is 0 Å². The first kappa shape index (κ1) is 12.6. The normalized spacial score (nSPS) is 23.4. The molecule has 0 saturated carbocycles. The molecule has 0 aliphatic carbocycles. The zero-order valence-corrected chi connectivity index (χ0v) is 10.3. The van der Waals surface area contributed by atoms with Gasteiger partial charge in [-0.3, -0.25) is 9.59 Å². The minimum Gasteiger partial charge on any atom is -0.480 e. The third-order valence-corrected chi connectivity index (χ3v) is 3.11. The molecule has 18 heavy (non-hydrogen) atoms. The summed E-state index contributed by atoms with van der Waals surface area (Å²) in [5.41, 5.74) is 4.85. The van der Waals surface area contributed by atoms with Gasteiger partial charge in [-0.25, -0.2) is 4.98 Å². The fraction of sp³-hybridized carbons (Fsp3) is 0.545. The molecule has 1 aromatic heterocycles. The Morgan fingerprint density at radius 3 is 2.61 bits per heavy atom. The minimum absolute atomic E-state index is 0.0135. The van der Waals surface area contributed by atoms with Crippen molar-refractivity contribution in [3.8, 4) is 0 Å². The van der Waals surface area contributed by atoms with E-state index in [9.17, 15) is 9.59 Å². The number of carbonyl (C=O) groups excluding carboxylic acids is 1. The second-order valence-electron chi connectivity index (χ2n) is 4.59. The number of nitrogens with two attached hydrogens (primary N) is 1. The number of aliphatic carboxylic acids is 1. The van der Waals surface area contributed by atoms with Gasteiger partial charge in [0.25, 0.3) is 5.91 Å². The van der Waals surface area contributed by atoms with E-state index in [1.807, 2.05) is 0 Å². The molecular weight excluding hydrogens is 238 g/mol. The Balaban J connectivity index is 2.18. The Labute approximate surface area is 104 Å². The number of oxazole rings is 1. The van der Waals surface area contributed by atoms with Gasteiger partial charge in [-0.05, 0) is 13.3 Å². The lowest BCUT2D eigenvalue weighted by Crippen LogP contribution is -2.50. The third-order valence-electron chi connectivity index (χ3n) is 3.11. The first-order valence-corrected chi connectivity index (χ1v) is 5.59. The van der Waals surface area contributed by atoms with Gasteiger partial charge in [0.05, 0.1) is 5.69 Å². The Morgan fingerprint density at radius 1 is 1.50 bits per heavy atom. The number of rotatable bonds is 2. The molecular formula is C11H15N3O4. The maximum absolute atomic E-state index is 12.1. The zero-order chi connectivity index (χ0) is 13.5. The summed E-state index contributed by atoms with van der Waals surface area (Å²) in [5.74, 6) is -0.889. The molecule has 1 aliphatic rings. The van der Waals surface area contributed by atoms with Crippen molar-refractivity contribution in [3.05, 3.63) is 17.3 Å². The monoisotopic (exact) mass is 253 g/mol. The SMILES string of the molecule is Cc1nc(C)c(C(=O)N2CCC(N)(C(=O)O)C2)o1. The summed E-state index contributed by atoms with van der Waals surface area (Å²) in [7, 11) is 0. The van der Waals surface area contributed by atoms with E-state index in [0.717, 1.165) is 0 Å². The first-order valence-electron chi connectivity index (χ1n) is 5.59. The Morgan fingerprint density at radius 2 is 2.17 bits per heavy atom. The largest absolute Gasteiger partial charge is 0.480 e. The predicted octanol–water partition coefficient (Wildman–Crippen LogP) is -0.0806. The lowest BCUT2D eigenvalue weighted by Gasteiger charge is -2.19. The van der Waals surface area contributed by atoms with Crippen molar-refractivity contribution in [2.45, 2.75) is 25.8 Å². The summed E-state index contributed by atoms with van der Waals surface area (Å²) in [6.07, 6.45) is 0.236. The molecule has 0 radical (unpaired) electrons. The molecule has 0 spiro atoms. The van der Waals surface area contributed by atoms with E-state index >= 15 is 0 Å². The summed E-state index contributed by atoms with van der Waals surface area (Å²) >= 11 is 0. The molecule has 1 unspecified atom stereocenters. The summed E-state index contributed by atoms with van der Waals surface area (Å²) in [4.78, 5) is 28.5. The second kappa shape index (κ2) is 4.09. The minimum atomic E-state index is -1.36. The van der Waals surface area contributed by atoms with Crippen LogP contribution in [0.4, 0.5) is 0 Å². The van der Waals surface area contributed by atoms with Gasteiger partial charge in [-0.1, -0.05) is 0 Å². The summed E-state index contributed by atoms with van der Waals surface area (Å²) < 4.78 is 5.23. The molecule has 1 aromatic rings. The summed E-state index contributed by atoms with van der Waals surface area (Å²) in [6, 6.07) is 0. The van der Waals surface area contributed by atoms with Gasteiger partial charge in [0, 0.05) is 20.0 Å². The van der Waals surface area contributed by atoms with Crippen LogP contribution < -0.4 is 5.73 Å². The van der Waals surface area contributed by atoms with Crippen LogP contribution in [0.5, 0.6) is 0 Å². The lowest BCUT2D eigenvalue weighted by atomic mass is 10.0. The van der Waals surface area contributed by atoms with Gasteiger partial charge in [0.15, 0.2) is 5.89 Å². The smallest absolute Gasteiger partial charge is 0.325 e. The van der Waals surface area contributed by atoms with Gasteiger partial charge in [-0.15, -0.1) is 0 Å². The molecule has 0 aromatic carbocycles. The highest BCUT2D eigenvalue weighted by molar-refractivity contribution is 5.93. The van der Waals surface area contributed by atoms with Crippen LogP contribution in [-0.4, -0.2) is 45.5 Å². The highest BCUT2D eigenvalue weighted by atomic mass is 16.4. The number of hydrogen-bond donors (Lipinski definition) is 2. The van der Waals surface area contributed by atoms with Crippen LogP contribution in [-0.2, 0) is 4.79 Å². The van der Waals surface area contributed by atoms with Crippen molar-refractivity contribution < 1.29 is 19.1 Å². The van der Waals surface area contributed by atoms with E-state index in [1.165, 1.54) is 4.90 Å². The van der Waals surface area contributed by atoms with E-state index in [4.69, 9.17) is 15.3 Å². The molecule has 7 nitrogen and oxygen atoms in total. The number of carboxylic acids is 1. The molecule has 2 rings (SSSR count). The topological polar surface area (TPSA) is 110 Å². The molecule has 98 valence electrons. The van der Waals surface area contributed by atoms with Crippen LogP contribution in [0.3, 0.4) is 0 Å². The van der Waals surface area contributed by atoms with E-state index in [-0.39, 0.29) is 24.6 Å². The van der Waals surface area contributed by atoms with Crippen molar-refractivity contribution in [2.24, 2.45) is 5.73 Å². The third kappa shape index (κ3) is 1.97. The van der Waals surface area contributed by atoms with Crippen molar-refractivity contribution in [1.82, 2.24) is 9.88 Å². The van der Waals surface area contributed by atoms with Crippen LogP contribution in [0, 0.1) is 13.8 Å². The number of nitrogens with zero attached hydrogens (tertiary/aromatic N) is 2. The number of amides is 1. The number of aromatic nitrogens is 1. The fourth-order valence-electron chi connectivity index (χ4n) is 2.05.